The fourth-order valence-electron chi connectivity index (χ4n) is 1.15. The van der Waals surface area contributed by atoms with Gasteiger partial charge in [0, 0.05) is 9.90 Å². The second-order valence-electron chi connectivity index (χ2n) is 2.88. The van der Waals surface area contributed by atoms with Gasteiger partial charge >= 0.3 is 0 Å². The first kappa shape index (κ1) is 14.8. The Labute approximate surface area is 97.5 Å². The van der Waals surface area contributed by atoms with E-state index in [1.807, 2.05) is 0 Å². The standard InChI is InChI=1S/C7H5N3O6.P/c1-4-6(9(13)14)2-5(8(11)12)3-7(4)10(15)16;/h2-3H,1H3;. The molecule has 1 rings (SSSR count). The fourth-order valence-corrected chi connectivity index (χ4v) is 1.15. The van der Waals surface area contributed by atoms with Crippen LogP contribution in [0.25, 0.3) is 0 Å². The molecule has 3 radical (unpaired) electrons. The highest BCUT2D eigenvalue weighted by molar-refractivity contribution is 6.92. The Kier molecular flexibility index (Phi) is 4.60. The molecule has 0 aliphatic carbocycles. The average Bonchev–Trinajstić information content (AvgIpc) is 2.16. The molecular weight excluding hydrogens is 253 g/mol. The number of nitro groups is 3. The number of nitro benzene ring substituents is 3. The Morgan fingerprint density at radius 3 is 1.47 bits per heavy atom. The molecule has 0 saturated carbocycles. The molecule has 0 bridgehead atoms. The van der Waals surface area contributed by atoms with E-state index in [-0.39, 0.29) is 15.5 Å². The highest BCUT2D eigenvalue weighted by Gasteiger charge is 2.27. The van der Waals surface area contributed by atoms with E-state index < -0.39 is 31.8 Å². The molecule has 0 spiro atoms. The molecule has 1 aromatic rings. The van der Waals surface area contributed by atoms with Crippen molar-refractivity contribution in [1.29, 1.82) is 0 Å². The predicted octanol–water partition coefficient (Wildman–Crippen LogP) is 2.58. The highest BCUT2D eigenvalue weighted by atomic mass is 31.0. The van der Waals surface area contributed by atoms with Crippen LogP contribution in [0.4, 0.5) is 17.1 Å². The van der Waals surface area contributed by atoms with Crippen LogP contribution in [0, 0.1) is 37.3 Å². The van der Waals surface area contributed by atoms with Gasteiger partial charge in [0.2, 0.25) is 0 Å². The van der Waals surface area contributed by atoms with Gasteiger partial charge in [-0.2, -0.15) is 0 Å². The van der Waals surface area contributed by atoms with Crippen molar-refractivity contribution in [3.8, 4) is 0 Å². The molecule has 0 aromatic heterocycles. The molecule has 0 fully saturated rings. The summed E-state index contributed by atoms with van der Waals surface area (Å²) in [5, 5.41) is 31.5. The quantitative estimate of drug-likeness (QED) is 0.465. The van der Waals surface area contributed by atoms with E-state index in [2.05, 4.69) is 0 Å². The first-order chi connectivity index (χ1) is 7.34. The average molecular weight is 258 g/mol. The van der Waals surface area contributed by atoms with Gasteiger partial charge in [-0.15, -0.1) is 0 Å². The summed E-state index contributed by atoms with van der Waals surface area (Å²) < 4.78 is 0. The van der Waals surface area contributed by atoms with Crippen molar-refractivity contribution in [2.75, 3.05) is 0 Å². The number of hydrogen-bond donors (Lipinski definition) is 0. The molecule has 89 valence electrons. The zero-order valence-electron chi connectivity index (χ0n) is 8.39. The number of non-ortho nitro benzene ring substituents is 1. The minimum atomic E-state index is -0.917. The third-order valence-electron chi connectivity index (χ3n) is 1.94. The molecule has 9 nitrogen and oxygen atoms in total. The Hall–Kier alpha value is -2.15. The third-order valence-corrected chi connectivity index (χ3v) is 1.94. The van der Waals surface area contributed by atoms with Crippen molar-refractivity contribution in [2.45, 2.75) is 6.92 Å². The number of nitrogens with zero attached hydrogens (tertiary/aromatic N) is 3. The Morgan fingerprint density at radius 2 is 1.24 bits per heavy atom. The molecule has 0 saturated heterocycles. The van der Waals surface area contributed by atoms with Crippen molar-refractivity contribution in [3.05, 3.63) is 48.0 Å². The number of rotatable bonds is 3. The molecule has 10 heteroatoms. The van der Waals surface area contributed by atoms with E-state index in [0.717, 1.165) is 0 Å². The predicted molar refractivity (Wildman–Crippen MR) is 58.1 cm³/mol. The molecule has 0 amide bonds. The van der Waals surface area contributed by atoms with Crippen LogP contribution >= 0.6 is 9.90 Å². The minimum absolute atomic E-state index is 0. The van der Waals surface area contributed by atoms with Crippen LogP contribution in [0.15, 0.2) is 12.1 Å². The van der Waals surface area contributed by atoms with Crippen LogP contribution in [0.2, 0.25) is 0 Å². The molecule has 0 N–H and O–H groups in total. The lowest BCUT2D eigenvalue weighted by molar-refractivity contribution is -0.403. The SMILES string of the molecule is Cc1c([N+](=O)[O-])cc([N+](=O)[O-])cc1[N+](=O)[O-].[P]. The summed E-state index contributed by atoms with van der Waals surface area (Å²) in [6.45, 7) is 1.17. The monoisotopic (exact) mass is 258 g/mol. The Bertz CT molecular complexity index is 467. The van der Waals surface area contributed by atoms with Crippen LogP contribution < -0.4 is 0 Å². The summed E-state index contributed by atoms with van der Waals surface area (Å²) >= 11 is 0. The molecule has 0 aliphatic heterocycles. The minimum Gasteiger partial charge on any atom is -0.258 e. The van der Waals surface area contributed by atoms with Gasteiger partial charge in [-0.1, -0.05) is 0 Å². The summed E-state index contributed by atoms with van der Waals surface area (Å²) in [4.78, 5) is 28.8. The summed E-state index contributed by atoms with van der Waals surface area (Å²) in [5.41, 5.74) is -2.16. The van der Waals surface area contributed by atoms with Gasteiger partial charge in [0.05, 0.1) is 26.9 Å². The zero-order valence-corrected chi connectivity index (χ0v) is 9.29. The van der Waals surface area contributed by atoms with Gasteiger partial charge in [0.15, 0.2) is 0 Å². The van der Waals surface area contributed by atoms with E-state index in [4.69, 9.17) is 0 Å². The van der Waals surface area contributed by atoms with E-state index in [1.165, 1.54) is 6.92 Å². The molecular formula is C7H5N3O6P. The highest BCUT2D eigenvalue weighted by Crippen LogP contribution is 2.32. The van der Waals surface area contributed by atoms with Crippen LogP contribution in [0.5, 0.6) is 0 Å². The van der Waals surface area contributed by atoms with Crippen molar-refractivity contribution < 1.29 is 14.8 Å². The number of hydrogen-bond acceptors (Lipinski definition) is 6. The fraction of sp³-hybridized carbons (Fsp3) is 0.143. The Morgan fingerprint density at radius 1 is 0.882 bits per heavy atom. The topological polar surface area (TPSA) is 129 Å². The summed E-state index contributed by atoms with van der Waals surface area (Å²) in [6.07, 6.45) is 0. The molecule has 0 heterocycles. The van der Waals surface area contributed by atoms with Crippen molar-refractivity contribution >= 4 is 27.0 Å². The Balaban J connectivity index is 0.00000256. The molecule has 0 atom stereocenters. The second kappa shape index (κ2) is 5.26. The number of benzene rings is 1. The van der Waals surface area contributed by atoms with Gasteiger partial charge < -0.3 is 0 Å². The van der Waals surface area contributed by atoms with Crippen LogP contribution in [0.1, 0.15) is 5.56 Å². The normalized spacial score (nSPS) is 9.24. The van der Waals surface area contributed by atoms with E-state index in [1.54, 1.807) is 0 Å². The van der Waals surface area contributed by atoms with Gasteiger partial charge in [0.1, 0.15) is 5.56 Å². The lowest BCUT2D eigenvalue weighted by Gasteiger charge is -1.99. The van der Waals surface area contributed by atoms with Gasteiger partial charge in [-0.25, -0.2) is 0 Å². The first-order valence-corrected chi connectivity index (χ1v) is 3.92. The largest absolute Gasteiger partial charge is 0.286 e. The van der Waals surface area contributed by atoms with Crippen LogP contribution in [-0.2, 0) is 0 Å². The van der Waals surface area contributed by atoms with Crippen molar-refractivity contribution in [1.82, 2.24) is 0 Å². The molecule has 1 aromatic carbocycles. The lowest BCUT2D eigenvalue weighted by atomic mass is 10.1. The van der Waals surface area contributed by atoms with Gasteiger partial charge in [0.25, 0.3) is 17.1 Å². The second-order valence-corrected chi connectivity index (χ2v) is 2.88. The molecule has 17 heavy (non-hydrogen) atoms. The smallest absolute Gasteiger partial charge is 0.258 e. The van der Waals surface area contributed by atoms with Crippen LogP contribution in [-0.4, -0.2) is 14.8 Å². The van der Waals surface area contributed by atoms with E-state index in [9.17, 15) is 30.3 Å². The maximum Gasteiger partial charge on any atom is 0.286 e. The lowest BCUT2D eigenvalue weighted by Crippen LogP contribution is -2.00. The van der Waals surface area contributed by atoms with Gasteiger partial charge in [-0.05, 0) is 6.92 Å². The summed E-state index contributed by atoms with van der Waals surface area (Å²) in [6, 6.07) is 1.39. The van der Waals surface area contributed by atoms with Crippen molar-refractivity contribution in [3.63, 3.8) is 0 Å². The third kappa shape index (κ3) is 2.91. The molecule has 0 unspecified atom stereocenters. The molecule has 0 aliphatic rings. The summed E-state index contributed by atoms with van der Waals surface area (Å²) in [5.74, 6) is 0. The maximum absolute atomic E-state index is 10.5. The van der Waals surface area contributed by atoms with E-state index >= 15 is 0 Å². The maximum atomic E-state index is 10.5. The van der Waals surface area contributed by atoms with Crippen molar-refractivity contribution in [2.24, 2.45) is 0 Å². The summed E-state index contributed by atoms with van der Waals surface area (Å²) in [7, 11) is 0. The van der Waals surface area contributed by atoms with E-state index in [0.29, 0.717) is 12.1 Å². The zero-order chi connectivity index (χ0) is 12.5. The van der Waals surface area contributed by atoms with Crippen LogP contribution in [0.3, 0.4) is 0 Å². The van der Waals surface area contributed by atoms with Gasteiger partial charge in [-0.3, -0.25) is 30.3 Å². The first-order valence-electron chi connectivity index (χ1n) is 3.92.